The molecule has 1 heterocycles. The smallest absolute Gasteiger partial charge is 0.335 e. The lowest BCUT2D eigenvalue weighted by Crippen LogP contribution is -2.61. The van der Waals surface area contributed by atoms with Crippen LogP contribution in [0.1, 0.15) is 76.7 Å². The molecule has 12 atom stereocenters. The first kappa shape index (κ1) is 39.8. The number of carbonyl (C=O) groups is 1. The molecule has 2 fully saturated rings. The van der Waals surface area contributed by atoms with E-state index < -0.39 is 59.9 Å². The zero-order valence-corrected chi connectivity index (χ0v) is 31.0. The summed E-state index contributed by atoms with van der Waals surface area (Å²) < 4.78 is 31.2. The minimum absolute atomic E-state index is 0.0452. The van der Waals surface area contributed by atoms with Crippen molar-refractivity contribution in [1.82, 2.24) is 0 Å². The van der Waals surface area contributed by atoms with E-state index >= 15 is 0 Å². The van der Waals surface area contributed by atoms with Gasteiger partial charge in [-0.1, -0.05) is 56.2 Å². The molecule has 11 heteroatoms. The Hall–Kier alpha value is -2.45. The molecule has 1 saturated carbocycles. The number of ether oxygens (including phenoxy) is 5. The number of carboxylic acid groups (broad SMARTS) is 1. The molecule has 0 bridgehead atoms. The maximum Gasteiger partial charge on any atom is 0.335 e. The van der Waals surface area contributed by atoms with Crippen molar-refractivity contribution < 1.29 is 54.0 Å². The molecule has 0 unspecified atom stereocenters. The number of carboxylic acids is 1. The molecule has 1 saturated heterocycles. The van der Waals surface area contributed by atoms with Crippen molar-refractivity contribution in [2.24, 2.45) is 29.1 Å². The number of hydrogen-bond donors (Lipinski definition) is 5. The minimum Gasteiger partial charge on any atom is -0.478 e. The second kappa shape index (κ2) is 15.9. The van der Waals surface area contributed by atoms with Crippen LogP contribution in [0, 0.1) is 29.1 Å². The largest absolute Gasteiger partial charge is 0.478 e. The lowest BCUT2D eigenvalue weighted by atomic mass is 9.68. The lowest BCUT2D eigenvalue weighted by Gasteiger charge is -2.47. The van der Waals surface area contributed by atoms with E-state index in [4.69, 9.17) is 23.7 Å². The van der Waals surface area contributed by atoms with Gasteiger partial charge in [-0.2, -0.15) is 0 Å². The first-order valence-corrected chi connectivity index (χ1v) is 18.2. The zero-order chi connectivity index (χ0) is 37.4. The SMILES string of the molecule is C=CC(C)(C)OC[C@H]1O[C@H](O[C@@H]2C3=C(C(C)C)C[C@H](OCc4ccc(C(=O)O)cc4)[C@]3(C)/C=C3/[C@@H](COC)CC[C@H]3[C@@H](C)[C@H]2O)[C@H](O)[C@@H](O)[C@@H]1O. The van der Waals surface area contributed by atoms with Gasteiger partial charge in [0.05, 0.1) is 43.2 Å². The van der Waals surface area contributed by atoms with E-state index in [9.17, 15) is 30.3 Å². The van der Waals surface area contributed by atoms with E-state index in [1.54, 1.807) is 37.5 Å². The highest BCUT2D eigenvalue weighted by atomic mass is 16.7. The van der Waals surface area contributed by atoms with Crippen LogP contribution in [0.5, 0.6) is 0 Å². The van der Waals surface area contributed by atoms with E-state index in [1.807, 2.05) is 20.8 Å². The van der Waals surface area contributed by atoms with Crippen LogP contribution in [0.2, 0.25) is 0 Å². The van der Waals surface area contributed by atoms with Crippen molar-refractivity contribution in [3.05, 3.63) is 70.8 Å². The highest BCUT2D eigenvalue weighted by molar-refractivity contribution is 5.87. The van der Waals surface area contributed by atoms with Gasteiger partial charge >= 0.3 is 5.97 Å². The van der Waals surface area contributed by atoms with Gasteiger partial charge in [-0.3, -0.25) is 0 Å². The summed E-state index contributed by atoms with van der Waals surface area (Å²) in [6, 6.07) is 6.64. The molecule has 11 nitrogen and oxygen atoms in total. The predicted octanol–water partition coefficient (Wildman–Crippen LogP) is 4.42. The molecule has 284 valence electrons. The fourth-order valence-corrected chi connectivity index (χ4v) is 8.46. The average Bonchev–Trinajstić information content (AvgIpc) is 3.61. The van der Waals surface area contributed by atoms with Crippen LogP contribution < -0.4 is 0 Å². The summed E-state index contributed by atoms with van der Waals surface area (Å²) in [6.07, 6.45) is -3.07. The normalized spacial score (nSPS) is 38.1. The number of rotatable bonds is 13. The van der Waals surface area contributed by atoms with Crippen LogP contribution >= 0.6 is 0 Å². The number of hydrogen-bond acceptors (Lipinski definition) is 10. The van der Waals surface area contributed by atoms with Crippen LogP contribution in [-0.2, 0) is 30.3 Å². The Labute approximate surface area is 301 Å². The topological polar surface area (TPSA) is 164 Å². The molecule has 1 aromatic carbocycles. The van der Waals surface area contributed by atoms with E-state index in [0.29, 0.717) is 13.0 Å². The molecular weight excluding hydrogens is 656 g/mol. The second-order valence-electron chi connectivity index (χ2n) is 15.9. The number of fused-ring (bicyclic) bond motifs is 2. The van der Waals surface area contributed by atoms with Crippen LogP contribution in [0.25, 0.3) is 0 Å². The van der Waals surface area contributed by atoms with Gasteiger partial charge in [-0.15, -0.1) is 6.58 Å². The van der Waals surface area contributed by atoms with Crippen LogP contribution in [-0.4, -0.2) is 106 Å². The lowest BCUT2D eigenvalue weighted by molar-refractivity contribution is -0.319. The summed E-state index contributed by atoms with van der Waals surface area (Å²) in [6.45, 7) is 16.5. The fourth-order valence-electron chi connectivity index (χ4n) is 8.46. The molecule has 3 aliphatic carbocycles. The first-order chi connectivity index (χ1) is 24.0. The van der Waals surface area contributed by atoms with Gasteiger partial charge in [0.15, 0.2) is 6.29 Å². The van der Waals surface area contributed by atoms with E-state index in [1.165, 1.54) is 5.57 Å². The van der Waals surface area contributed by atoms with Crippen LogP contribution in [0.4, 0.5) is 0 Å². The van der Waals surface area contributed by atoms with Gasteiger partial charge in [0.2, 0.25) is 0 Å². The van der Waals surface area contributed by atoms with E-state index in [0.717, 1.165) is 29.6 Å². The third kappa shape index (κ3) is 8.07. The molecule has 0 aromatic heterocycles. The fraction of sp³-hybridized carbons (Fsp3) is 0.675. The van der Waals surface area contributed by atoms with Gasteiger partial charge in [0.1, 0.15) is 30.5 Å². The highest BCUT2D eigenvalue weighted by Gasteiger charge is 2.56. The van der Waals surface area contributed by atoms with E-state index in [-0.39, 0.29) is 48.6 Å². The molecule has 0 spiro atoms. The van der Waals surface area contributed by atoms with Gasteiger partial charge in [0.25, 0.3) is 0 Å². The summed E-state index contributed by atoms with van der Waals surface area (Å²) in [4.78, 5) is 11.4. The van der Waals surface area contributed by atoms with Crippen LogP contribution in [0.3, 0.4) is 0 Å². The summed E-state index contributed by atoms with van der Waals surface area (Å²) >= 11 is 0. The highest BCUT2D eigenvalue weighted by Crippen LogP contribution is 2.56. The Morgan fingerprint density at radius 1 is 1.06 bits per heavy atom. The van der Waals surface area contributed by atoms with Crippen molar-refractivity contribution >= 4 is 5.97 Å². The standard InChI is InChI=1S/C40H58O11/c1-9-39(5,6)49-20-29-33(42)34(43)35(44)38(50-29)51-36-31-27(21(2)3)16-30(48-18-23-10-12-24(13-11-23)37(45)46)40(31,7)17-28-25(19-47-8)14-15-26(28)22(4)32(36)41/h9-13,17,21-22,25-26,29-30,32-36,38,41-44H,1,14-16,18-20H2,2-8H3,(H,45,46)/b28-17-/t22-,25-,26+,29-,30+,32-,33-,34+,35-,36-,38-,40+/m1/s1. The van der Waals surface area contributed by atoms with Crippen molar-refractivity contribution in [3.63, 3.8) is 0 Å². The maximum atomic E-state index is 12.4. The minimum atomic E-state index is -1.60. The van der Waals surface area contributed by atoms with Gasteiger partial charge in [-0.25, -0.2) is 4.79 Å². The van der Waals surface area contributed by atoms with Crippen molar-refractivity contribution in [2.45, 2.75) is 122 Å². The first-order valence-electron chi connectivity index (χ1n) is 18.2. The molecule has 51 heavy (non-hydrogen) atoms. The molecule has 4 aliphatic rings. The Morgan fingerprint density at radius 2 is 1.75 bits per heavy atom. The predicted molar refractivity (Wildman–Crippen MR) is 190 cm³/mol. The third-order valence-electron chi connectivity index (χ3n) is 11.7. The Kier molecular flexibility index (Phi) is 12.4. The maximum absolute atomic E-state index is 12.4. The molecule has 5 N–H and O–H groups in total. The molecule has 0 radical (unpaired) electrons. The Bertz CT molecular complexity index is 1450. The van der Waals surface area contributed by atoms with Crippen molar-refractivity contribution in [3.8, 4) is 0 Å². The van der Waals surface area contributed by atoms with Gasteiger partial charge < -0.3 is 49.2 Å². The quantitative estimate of drug-likeness (QED) is 0.184. The number of benzene rings is 1. The monoisotopic (exact) mass is 714 g/mol. The number of aliphatic hydroxyl groups excluding tert-OH is 4. The average molecular weight is 715 g/mol. The summed E-state index contributed by atoms with van der Waals surface area (Å²) in [7, 11) is 1.71. The number of methoxy groups -OCH3 is 1. The molecule has 1 aromatic rings. The Morgan fingerprint density at radius 3 is 2.35 bits per heavy atom. The van der Waals surface area contributed by atoms with Crippen molar-refractivity contribution in [1.29, 1.82) is 0 Å². The zero-order valence-electron chi connectivity index (χ0n) is 31.0. The van der Waals surface area contributed by atoms with Crippen molar-refractivity contribution in [2.75, 3.05) is 20.3 Å². The van der Waals surface area contributed by atoms with E-state index in [2.05, 4.69) is 33.4 Å². The molecular formula is C40H58O11. The van der Waals surface area contributed by atoms with Gasteiger partial charge in [0, 0.05) is 18.4 Å². The van der Waals surface area contributed by atoms with Crippen LogP contribution in [0.15, 0.2) is 59.7 Å². The molecule has 5 rings (SSSR count). The summed E-state index contributed by atoms with van der Waals surface area (Å²) in [5.41, 5.74) is 2.70. The number of aromatic carboxylic acids is 1. The molecule has 1 aliphatic heterocycles. The summed E-state index contributed by atoms with van der Waals surface area (Å²) in [5.74, 6) is -0.950. The summed E-state index contributed by atoms with van der Waals surface area (Å²) in [5, 5.41) is 54.9. The molecule has 0 amide bonds. The van der Waals surface area contributed by atoms with Gasteiger partial charge in [-0.05, 0) is 81.1 Å². The number of aliphatic hydroxyl groups is 4. The third-order valence-corrected chi connectivity index (χ3v) is 11.7. The second-order valence-corrected chi connectivity index (χ2v) is 15.9. The Balaban J connectivity index is 1.55.